The molecule has 1 fully saturated rings. The highest BCUT2D eigenvalue weighted by molar-refractivity contribution is 5.71. The number of hydrogen-bond donors (Lipinski definition) is 0. The molecule has 0 N–H and O–H groups in total. The molecule has 27 heavy (non-hydrogen) atoms. The molecule has 0 saturated carbocycles. The number of carbonyl (C=O) groups excluding carboxylic acids is 1. The zero-order chi connectivity index (χ0) is 19.9. The molecular weight excluding hydrogens is 362 g/mol. The minimum absolute atomic E-state index is 0.0119. The zero-order valence-electron chi connectivity index (χ0n) is 15.1. The van der Waals surface area contributed by atoms with Crippen molar-refractivity contribution < 1.29 is 27.1 Å². The predicted octanol–water partition coefficient (Wildman–Crippen LogP) is 5.54. The molecule has 3 rings (SSSR count). The number of nitrogens with zero attached hydrogens (tertiary/aromatic N) is 1. The Morgan fingerprint density at radius 1 is 1.07 bits per heavy atom. The van der Waals surface area contributed by atoms with E-state index in [-0.39, 0.29) is 12.1 Å². The number of cyclic esters (lactones) is 1. The van der Waals surface area contributed by atoms with Crippen LogP contribution in [-0.4, -0.2) is 17.0 Å². The van der Waals surface area contributed by atoms with E-state index in [1.807, 2.05) is 6.92 Å². The molecule has 2 aromatic carbocycles. The third-order valence-corrected chi connectivity index (χ3v) is 4.69. The van der Waals surface area contributed by atoms with E-state index in [0.29, 0.717) is 11.1 Å². The summed E-state index contributed by atoms with van der Waals surface area (Å²) in [4.78, 5) is 13.6. The van der Waals surface area contributed by atoms with Crippen molar-refractivity contribution in [3.63, 3.8) is 0 Å². The number of rotatable bonds is 3. The van der Waals surface area contributed by atoms with Gasteiger partial charge in [-0.3, -0.25) is 4.90 Å². The van der Waals surface area contributed by atoms with Gasteiger partial charge in [0.25, 0.3) is 0 Å². The Balaban J connectivity index is 1.89. The summed E-state index contributed by atoms with van der Waals surface area (Å²) in [6, 6.07) is 7.66. The molecule has 0 unspecified atom stereocenters. The average Bonchev–Trinajstić information content (AvgIpc) is 2.85. The Morgan fingerprint density at radius 3 is 2.44 bits per heavy atom. The monoisotopic (exact) mass is 381 g/mol. The normalized spacial score (nSPS) is 20.1. The van der Waals surface area contributed by atoms with Gasteiger partial charge < -0.3 is 4.74 Å². The topological polar surface area (TPSA) is 29.5 Å². The van der Waals surface area contributed by atoms with Crippen LogP contribution in [0.3, 0.4) is 0 Å². The van der Waals surface area contributed by atoms with Gasteiger partial charge in [-0.2, -0.15) is 13.2 Å². The van der Waals surface area contributed by atoms with E-state index in [2.05, 4.69) is 0 Å². The number of alkyl halides is 3. The molecule has 1 amide bonds. The summed E-state index contributed by atoms with van der Waals surface area (Å²) in [5.41, 5.74) is 1.09. The molecule has 0 radical (unpaired) electrons. The summed E-state index contributed by atoms with van der Waals surface area (Å²) in [6.45, 7) is 5.03. The number of aryl methyl sites for hydroxylation is 2. The van der Waals surface area contributed by atoms with Gasteiger partial charge in [-0.15, -0.1) is 0 Å². The molecule has 0 spiro atoms. The van der Waals surface area contributed by atoms with Crippen LogP contribution in [0.15, 0.2) is 36.4 Å². The summed E-state index contributed by atoms with van der Waals surface area (Å²) < 4.78 is 58.7. The molecule has 2 aromatic rings. The third-order valence-electron chi connectivity index (χ3n) is 4.69. The first-order chi connectivity index (χ1) is 12.6. The van der Waals surface area contributed by atoms with Gasteiger partial charge in [0, 0.05) is 5.56 Å². The highest BCUT2D eigenvalue weighted by Gasteiger charge is 2.41. The largest absolute Gasteiger partial charge is 0.439 e. The van der Waals surface area contributed by atoms with E-state index in [1.165, 1.54) is 11.0 Å². The standard InChI is InChI=1S/C20H19F4NO2/c1-11-4-5-17(21)15(6-11)10-25-13(3)18(27-19(25)26)14-7-12(2)8-16(9-14)20(22,23)24/h4-9,13,18H,10H2,1-3H3/t13-,18-/m0/s1. The lowest BCUT2D eigenvalue weighted by atomic mass is 9.98. The zero-order valence-corrected chi connectivity index (χ0v) is 15.1. The van der Waals surface area contributed by atoms with Crippen LogP contribution in [0.4, 0.5) is 22.4 Å². The molecule has 0 aliphatic carbocycles. The number of hydrogen-bond acceptors (Lipinski definition) is 2. The molecule has 1 saturated heterocycles. The molecule has 0 bridgehead atoms. The lowest BCUT2D eigenvalue weighted by molar-refractivity contribution is -0.137. The molecule has 2 atom stereocenters. The Hall–Kier alpha value is -2.57. The Labute approximate surface area is 154 Å². The van der Waals surface area contributed by atoms with Gasteiger partial charge in [0.05, 0.1) is 18.2 Å². The number of amides is 1. The highest BCUT2D eigenvalue weighted by atomic mass is 19.4. The van der Waals surface area contributed by atoms with E-state index in [0.717, 1.165) is 17.7 Å². The van der Waals surface area contributed by atoms with Crippen molar-refractivity contribution in [2.45, 2.75) is 45.6 Å². The summed E-state index contributed by atoms with van der Waals surface area (Å²) in [6.07, 6.45) is -6.02. The summed E-state index contributed by atoms with van der Waals surface area (Å²) in [7, 11) is 0. The summed E-state index contributed by atoms with van der Waals surface area (Å²) in [5.74, 6) is -0.445. The van der Waals surface area contributed by atoms with Crippen molar-refractivity contribution in [3.8, 4) is 0 Å². The Kier molecular flexibility index (Phi) is 4.88. The average molecular weight is 381 g/mol. The van der Waals surface area contributed by atoms with Crippen LogP contribution in [-0.2, 0) is 17.5 Å². The summed E-state index contributed by atoms with van der Waals surface area (Å²) >= 11 is 0. The SMILES string of the molecule is Cc1cc([C@H]2OC(=O)N(Cc3cc(C)ccc3F)[C@H]2C)cc(C(F)(F)F)c1. The van der Waals surface area contributed by atoms with Gasteiger partial charge in [0.15, 0.2) is 0 Å². The van der Waals surface area contributed by atoms with Gasteiger partial charge >= 0.3 is 12.3 Å². The maximum Gasteiger partial charge on any atom is 0.416 e. The van der Waals surface area contributed by atoms with Crippen molar-refractivity contribution in [3.05, 3.63) is 70.0 Å². The fraction of sp³-hybridized carbons (Fsp3) is 0.350. The van der Waals surface area contributed by atoms with Crippen molar-refractivity contribution >= 4 is 6.09 Å². The van der Waals surface area contributed by atoms with Crippen LogP contribution in [0.1, 0.15) is 40.8 Å². The number of halogens is 4. The van der Waals surface area contributed by atoms with Crippen LogP contribution in [0.5, 0.6) is 0 Å². The third kappa shape index (κ3) is 3.91. The van der Waals surface area contributed by atoms with E-state index in [9.17, 15) is 22.4 Å². The second-order valence-electron chi connectivity index (χ2n) is 6.90. The van der Waals surface area contributed by atoms with Crippen molar-refractivity contribution in [2.75, 3.05) is 0 Å². The molecular formula is C20H19F4NO2. The van der Waals surface area contributed by atoms with E-state index < -0.39 is 35.8 Å². The summed E-state index contributed by atoms with van der Waals surface area (Å²) in [5, 5.41) is 0. The van der Waals surface area contributed by atoms with E-state index in [4.69, 9.17) is 4.74 Å². The van der Waals surface area contributed by atoms with Gasteiger partial charge in [-0.05, 0) is 44.5 Å². The van der Waals surface area contributed by atoms with Crippen molar-refractivity contribution in [1.82, 2.24) is 4.90 Å². The number of carbonyl (C=O) groups is 1. The van der Waals surface area contributed by atoms with E-state index in [1.54, 1.807) is 32.0 Å². The molecule has 144 valence electrons. The quantitative estimate of drug-likeness (QED) is 0.653. The molecule has 1 heterocycles. The molecule has 0 aromatic heterocycles. The minimum atomic E-state index is -4.49. The van der Waals surface area contributed by atoms with Gasteiger partial charge in [-0.1, -0.05) is 29.3 Å². The van der Waals surface area contributed by atoms with Crippen LogP contribution < -0.4 is 0 Å². The van der Waals surface area contributed by atoms with Crippen molar-refractivity contribution in [1.29, 1.82) is 0 Å². The van der Waals surface area contributed by atoms with E-state index >= 15 is 0 Å². The van der Waals surface area contributed by atoms with Gasteiger partial charge in [0.1, 0.15) is 11.9 Å². The van der Waals surface area contributed by atoms with Gasteiger partial charge in [0.2, 0.25) is 0 Å². The molecule has 1 aliphatic rings. The fourth-order valence-electron chi connectivity index (χ4n) is 3.31. The van der Waals surface area contributed by atoms with Crippen LogP contribution in [0.2, 0.25) is 0 Å². The fourth-order valence-corrected chi connectivity index (χ4v) is 3.31. The van der Waals surface area contributed by atoms with Gasteiger partial charge in [-0.25, -0.2) is 9.18 Å². The smallest absolute Gasteiger partial charge is 0.416 e. The second-order valence-corrected chi connectivity index (χ2v) is 6.90. The molecule has 3 nitrogen and oxygen atoms in total. The molecule has 7 heteroatoms. The number of ether oxygens (including phenoxy) is 1. The maximum atomic E-state index is 14.0. The Bertz CT molecular complexity index is 879. The van der Waals surface area contributed by atoms with Crippen LogP contribution in [0.25, 0.3) is 0 Å². The minimum Gasteiger partial charge on any atom is -0.439 e. The number of benzene rings is 2. The lowest BCUT2D eigenvalue weighted by Gasteiger charge is -2.22. The Morgan fingerprint density at radius 2 is 1.78 bits per heavy atom. The van der Waals surface area contributed by atoms with Crippen molar-refractivity contribution in [2.24, 2.45) is 0 Å². The van der Waals surface area contributed by atoms with Crippen LogP contribution >= 0.6 is 0 Å². The van der Waals surface area contributed by atoms with Crippen LogP contribution in [0, 0.1) is 19.7 Å². The second kappa shape index (κ2) is 6.87. The predicted molar refractivity (Wildman–Crippen MR) is 91.5 cm³/mol. The maximum absolute atomic E-state index is 14.0. The molecule has 1 aliphatic heterocycles. The first-order valence-electron chi connectivity index (χ1n) is 8.47. The lowest BCUT2D eigenvalue weighted by Crippen LogP contribution is -2.31. The highest BCUT2D eigenvalue weighted by Crippen LogP contribution is 2.37. The first kappa shape index (κ1) is 19.2. The first-order valence-corrected chi connectivity index (χ1v) is 8.47.